The summed E-state index contributed by atoms with van der Waals surface area (Å²) in [7, 11) is -3.31. The smallest absolute Gasteiger partial charge is 0.175 e. The van der Waals surface area contributed by atoms with Gasteiger partial charge in [-0.3, -0.25) is 0 Å². The van der Waals surface area contributed by atoms with Crippen molar-refractivity contribution in [2.45, 2.75) is 44.0 Å². The fraction of sp³-hybridized carbons (Fsp3) is 0.600. The summed E-state index contributed by atoms with van der Waals surface area (Å²) in [4.78, 5) is 0.151. The first-order valence-corrected chi connectivity index (χ1v) is 8.92. The number of sulfone groups is 1. The van der Waals surface area contributed by atoms with Crippen molar-refractivity contribution < 1.29 is 12.8 Å². The van der Waals surface area contributed by atoms with Gasteiger partial charge in [-0.1, -0.05) is 13.8 Å². The lowest BCUT2D eigenvalue weighted by Gasteiger charge is -2.34. The molecular weight excluding hydrogens is 277 g/mol. The Morgan fingerprint density at radius 2 is 1.95 bits per heavy atom. The Balaban J connectivity index is 2.21. The van der Waals surface area contributed by atoms with Crippen molar-refractivity contribution in [2.24, 2.45) is 11.8 Å². The van der Waals surface area contributed by atoms with E-state index < -0.39 is 15.7 Å². The largest absolute Gasteiger partial charge is 0.380 e. The standard InChI is InChI=1S/C15H22FNO2S/c1-10-4-7-14(11(2)8-10)17-15-9-12(20(3,18)19)5-6-13(15)16/h5-6,9-11,14,17H,4,7-8H2,1-3H3. The molecule has 3 atom stereocenters. The van der Waals surface area contributed by atoms with Gasteiger partial charge in [-0.25, -0.2) is 12.8 Å². The lowest BCUT2D eigenvalue weighted by Crippen LogP contribution is -2.33. The minimum absolute atomic E-state index is 0.151. The molecule has 20 heavy (non-hydrogen) atoms. The molecule has 1 aromatic carbocycles. The third-order valence-electron chi connectivity index (χ3n) is 4.14. The number of hydrogen-bond acceptors (Lipinski definition) is 3. The van der Waals surface area contributed by atoms with E-state index in [9.17, 15) is 12.8 Å². The van der Waals surface area contributed by atoms with Gasteiger partial charge in [0.15, 0.2) is 9.84 Å². The van der Waals surface area contributed by atoms with Crippen molar-refractivity contribution in [3.63, 3.8) is 0 Å². The molecule has 0 saturated heterocycles. The Morgan fingerprint density at radius 3 is 2.55 bits per heavy atom. The summed E-state index contributed by atoms with van der Waals surface area (Å²) in [6, 6.07) is 4.13. The lowest BCUT2D eigenvalue weighted by molar-refractivity contribution is 0.276. The highest BCUT2D eigenvalue weighted by Gasteiger charge is 2.26. The molecule has 1 N–H and O–H groups in total. The highest BCUT2D eigenvalue weighted by molar-refractivity contribution is 7.90. The molecule has 3 nitrogen and oxygen atoms in total. The Kier molecular flexibility index (Phi) is 4.37. The van der Waals surface area contributed by atoms with Gasteiger partial charge in [0, 0.05) is 12.3 Å². The quantitative estimate of drug-likeness (QED) is 0.869. The third kappa shape index (κ3) is 3.51. The van der Waals surface area contributed by atoms with E-state index in [2.05, 4.69) is 19.2 Å². The maximum Gasteiger partial charge on any atom is 0.175 e. The fourth-order valence-corrected chi connectivity index (χ4v) is 3.57. The van der Waals surface area contributed by atoms with Crippen LogP contribution in [-0.4, -0.2) is 20.7 Å². The van der Waals surface area contributed by atoms with Crippen LogP contribution in [-0.2, 0) is 9.84 Å². The SMILES string of the molecule is CC1CCC(Nc2cc(S(C)(=O)=O)ccc2F)C(C)C1. The van der Waals surface area contributed by atoms with Crippen LogP contribution in [0.25, 0.3) is 0 Å². The van der Waals surface area contributed by atoms with Crippen LogP contribution in [0.1, 0.15) is 33.1 Å². The van der Waals surface area contributed by atoms with E-state index in [1.54, 1.807) is 0 Å². The summed E-state index contributed by atoms with van der Waals surface area (Å²) in [5.74, 6) is 0.763. The first-order chi connectivity index (χ1) is 9.27. The summed E-state index contributed by atoms with van der Waals surface area (Å²) in [5, 5.41) is 3.19. The van der Waals surface area contributed by atoms with Gasteiger partial charge < -0.3 is 5.32 Å². The summed E-state index contributed by atoms with van der Waals surface area (Å²) < 4.78 is 37.0. The molecule has 2 rings (SSSR count). The number of anilines is 1. The molecule has 0 radical (unpaired) electrons. The predicted molar refractivity (Wildman–Crippen MR) is 79.1 cm³/mol. The van der Waals surface area contributed by atoms with Crippen LogP contribution in [0.3, 0.4) is 0 Å². The monoisotopic (exact) mass is 299 g/mol. The van der Waals surface area contributed by atoms with Crippen LogP contribution in [0, 0.1) is 17.7 Å². The summed E-state index contributed by atoms with van der Waals surface area (Å²) >= 11 is 0. The van der Waals surface area contributed by atoms with Crippen molar-refractivity contribution in [2.75, 3.05) is 11.6 Å². The first-order valence-electron chi connectivity index (χ1n) is 7.03. The molecule has 1 aromatic rings. The number of rotatable bonds is 3. The fourth-order valence-electron chi connectivity index (χ4n) is 2.93. The number of nitrogens with one attached hydrogen (secondary N) is 1. The molecule has 0 aromatic heterocycles. The van der Waals surface area contributed by atoms with Crippen LogP contribution in [0.15, 0.2) is 23.1 Å². The zero-order valence-corrected chi connectivity index (χ0v) is 13.0. The van der Waals surface area contributed by atoms with E-state index in [4.69, 9.17) is 0 Å². The van der Waals surface area contributed by atoms with Crippen molar-refractivity contribution in [3.8, 4) is 0 Å². The third-order valence-corrected chi connectivity index (χ3v) is 5.25. The Bertz CT molecular complexity index is 586. The average molecular weight is 299 g/mol. The molecule has 1 saturated carbocycles. The zero-order chi connectivity index (χ0) is 14.9. The second kappa shape index (κ2) is 5.72. The van der Waals surface area contributed by atoms with E-state index in [1.165, 1.54) is 18.2 Å². The number of benzene rings is 1. The number of halogens is 1. The van der Waals surface area contributed by atoms with Crippen molar-refractivity contribution in [3.05, 3.63) is 24.0 Å². The topological polar surface area (TPSA) is 46.2 Å². The van der Waals surface area contributed by atoms with E-state index in [-0.39, 0.29) is 10.9 Å². The van der Waals surface area contributed by atoms with Gasteiger partial charge in [0.25, 0.3) is 0 Å². The molecule has 0 bridgehead atoms. The van der Waals surface area contributed by atoms with Crippen LogP contribution in [0.4, 0.5) is 10.1 Å². The average Bonchev–Trinajstić information content (AvgIpc) is 2.33. The maximum atomic E-state index is 13.9. The molecule has 0 aliphatic heterocycles. The molecule has 0 spiro atoms. The van der Waals surface area contributed by atoms with Crippen LogP contribution in [0.2, 0.25) is 0 Å². The first kappa shape index (κ1) is 15.3. The van der Waals surface area contributed by atoms with Gasteiger partial charge in [-0.05, 0) is 49.3 Å². The summed E-state index contributed by atoms with van der Waals surface area (Å²) in [6.07, 6.45) is 4.36. The number of hydrogen-bond donors (Lipinski definition) is 1. The normalized spacial score (nSPS) is 27.3. The molecule has 5 heteroatoms. The van der Waals surface area contributed by atoms with Crippen molar-refractivity contribution in [1.82, 2.24) is 0 Å². The van der Waals surface area contributed by atoms with Gasteiger partial charge in [-0.15, -0.1) is 0 Å². The van der Waals surface area contributed by atoms with E-state index >= 15 is 0 Å². The van der Waals surface area contributed by atoms with Gasteiger partial charge >= 0.3 is 0 Å². The summed E-state index contributed by atoms with van der Waals surface area (Å²) in [5.41, 5.74) is 0.291. The molecule has 3 unspecified atom stereocenters. The maximum absolute atomic E-state index is 13.9. The van der Waals surface area contributed by atoms with Crippen molar-refractivity contribution >= 4 is 15.5 Å². The molecule has 1 aliphatic rings. The van der Waals surface area contributed by atoms with Gasteiger partial charge in [0.1, 0.15) is 5.82 Å². The van der Waals surface area contributed by atoms with Gasteiger partial charge in [0.2, 0.25) is 0 Å². The van der Waals surface area contributed by atoms with Gasteiger partial charge in [-0.2, -0.15) is 0 Å². The molecule has 0 amide bonds. The minimum Gasteiger partial charge on any atom is -0.380 e. The molecule has 1 aliphatic carbocycles. The molecule has 0 heterocycles. The van der Waals surface area contributed by atoms with E-state index in [0.717, 1.165) is 25.5 Å². The molecule has 112 valence electrons. The Labute approximate surface area is 120 Å². The summed E-state index contributed by atoms with van der Waals surface area (Å²) in [6.45, 7) is 4.39. The Hall–Kier alpha value is -1.10. The zero-order valence-electron chi connectivity index (χ0n) is 12.2. The van der Waals surface area contributed by atoms with E-state index in [0.29, 0.717) is 17.5 Å². The van der Waals surface area contributed by atoms with Gasteiger partial charge in [0.05, 0.1) is 10.6 Å². The molecule has 1 fully saturated rings. The minimum atomic E-state index is -3.31. The highest BCUT2D eigenvalue weighted by atomic mass is 32.2. The predicted octanol–water partition coefficient (Wildman–Crippen LogP) is 3.47. The highest BCUT2D eigenvalue weighted by Crippen LogP contribution is 2.31. The second-order valence-corrected chi connectivity index (χ2v) is 8.08. The van der Waals surface area contributed by atoms with E-state index in [1.807, 2.05) is 0 Å². The van der Waals surface area contributed by atoms with Crippen LogP contribution < -0.4 is 5.32 Å². The molecular formula is C15H22FNO2S. The van der Waals surface area contributed by atoms with Crippen molar-refractivity contribution in [1.29, 1.82) is 0 Å². The van der Waals surface area contributed by atoms with Crippen LogP contribution in [0.5, 0.6) is 0 Å². The Morgan fingerprint density at radius 1 is 1.25 bits per heavy atom. The van der Waals surface area contributed by atoms with Crippen LogP contribution >= 0.6 is 0 Å². The lowest BCUT2D eigenvalue weighted by atomic mass is 9.80. The second-order valence-electron chi connectivity index (χ2n) is 6.06.